The second-order valence-corrected chi connectivity index (χ2v) is 4.78. The maximum Gasteiger partial charge on any atom is 0.190 e. The van der Waals surface area contributed by atoms with E-state index >= 15 is 0 Å². The van der Waals surface area contributed by atoms with Crippen LogP contribution in [0.3, 0.4) is 0 Å². The van der Waals surface area contributed by atoms with Gasteiger partial charge in [-0.15, -0.1) is 5.10 Å². The van der Waals surface area contributed by atoms with Gasteiger partial charge in [0, 0.05) is 5.41 Å². The van der Waals surface area contributed by atoms with Gasteiger partial charge in [-0.2, -0.15) is 0 Å². The fraction of sp³-hybridized carbons (Fsp3) is 0.727. The van der Waals surface area contributed by atoms with E-state index in [9.17, 15) is 4.79 Å². The molecule has 0 aliphatic heterocycles. The van der Waals surface area contributed by atoms with E-state index in [2.05, 4.69) is 10.3 Å². The van der Waals surface area contributed by atoms with E-state index in [0.717, 1.165) is 0 Å². The van der Waals surface area contributed by atoms with Crippen LogP contribution in [0.15, 0.2) is 6.20 Å². The van der Waals surface area contributed by atoms with E-state index in [-0.39, 0.29) is 12.4 Å². The van der Waals surface area contributed by atoms with Gasteiger partial charge < -0.3 is 9.84 Å². The second-order valence-electron chi connectivity index (χ2n) is 4.78. The first-order chi connectivity index (χ1) is 7.95. The van der Waals surface area contributed by atoms with Crippen molar-refractivity contribution >= 4 is 5.78 Å². The topological polar surface area (TPSA) is 77.2 Å². The van der Waals surface area contributed by atoms with Crippen LogP contribution >= 0.6 is 0 Å². The third-order valence-electron chi connectivity index (χ3n) is 2.15. The predicted octanol–water partition coefficient (Wildman–Crippen LogP) is 0.516. The van der Waals surface area contributed by atoms with E-state index in [1.165, 1.54) is 0 Å². The number of rotatable bonds is 6. The fourth-order valence-corrected chi connectivity index (χ4v) is 1.22. The number of aliphatic hydroxyl groups is 1. The molecular formula is C11H19N3O3. The van der Waals surface area contributed by atoms with Gasteiger partial charge in [0.15, 0.2) is 5.78 Å². The Morgan fingerprint density at radius 2 is 2.18 bits per heavy atom. The van der Waals surface area contributed by atoms with Crippen LogP contribution in [0, 0.1) is 5.41 Å². The molecule has 1 heterocycles. The van der Waals surface area contributed by atoms with Crippen molar-refractivity contribution in [2.24, 2.45) is 5.41 Å². The molecule has 6 nitrogen and oxygen atoms in total. The molecule has 0 aliphatic carbocycles. The summed E-state index contributed by atoms with van der Waals surface area (Å²) in [4.78, 5) is 11.9. The Hall–Kier alpha value is -1.27. The first-order valence-corrected chi connectivity index (χ1v) is 5.58. The zero-order valence-corrected chi connectivity index (χ0v) is 10.5. The first kappa shape index (κ1) is 13.8. The van der Waals surface area contributed by atoms with Gasteiger partial charge in [0.1, 0.15) is 5.69 Å². The molecule has 0 atom stereocenters. The highest BCUT2D eigenvalue weighted by molar-refractivity contribution is 5.97. The molecule has 1 aromatic rings. The van der Waals surface area contributed by atoms with Crippen molar-refractivity contribution in [2.75, 3.05) is 19.8 Å². The Bertz CT molecular complexity index is 368. The number of nitrogens with zero attached hydrogens (tertiary/aromatic N) is 3. The van der Waals surface area contributed by atoms with Crippen LogP contribution in [0.1, 0.15) is 31.3 Å². The molecule has 0 aliphatic rings. The van der Waals surface area contributed by atoms with Crippen LogP contribution in [0.4, 0.5) is 0 Å². The predicted molar refractivity (Wildman–Crippen MR) is 61.7 cm³/mol. The van der Waals surface area contributed by atoms with Crippen molar-refractivity contribution in [3.8, 4) is 0 Å². The molecular weight excluding hydrogens is 222 g/mol. The number of ether oxygens (including phenoxy) is 1. The zero-order valence-electron chi connectivity index (χ0n) is 10.5. The van der Waals surface area contributed by atoms with E-state index in [4.69, 9.17) is 9.84 Å². The van der Waals surface area contributed by atoms with Crippen molar-refractivity contribution < 1.29 is 14.6 Å². The van der Waals surface area contributed by atoms with Gasteiger partial charge in [0.25, 0.3) is 0 Å². The summed E-state index contributed by atoms with van der Waals surface area (Å²) in [5.41, 5.74) is -0.0755. The highest BCUT2D eigenvalue weighted by atomic mass is 16.5. The van der Waals surface area contributed by atoms with E-state index in [1.807, 2.05) is 20.8 Å². The molecule has 17 heavy (non-hydrogen) atoms. The lowest BCUT2D eigenvalue weighted by Crippen LogP contribution is -2.20. The van der Waals surface area contributed by atoms with Crippen LogP contribution in [-0.2, 0) is 11.3 Å². The molecule has 0 saturated heterocycles. The van der Waals surface area contributed by atoms with Gasteiger partial charge in [0.2, 0.25) is 0 Å². The number of ketones is 1. The van der Waals surface area contributed by atoms with Crippen molar-refractivity contribution in [3.63, 3.8) is 0 Å². The molecule has 1 aromatic heterocycles. The van der Waals surface area contributed by atoms with Crippen molar-refractivity contribution in [2.45, 2.75) is 27.3 Å². The average molecular weight is 241 g/mol. The number of aromatic nitrogens is 3. The molecule has 0 unspecified atom stereocenters. The normalized spacial score (nSPS) is 11.8. The Kier molecular flexibility index (Phi) is 4.77. The third-order valence-corrected chi connectivity index (χ3v) is 2.15. The maximum atomic E-state index is 11.9. The Labute approximate surface area is 101 Å². The number of carbonyl (C=O) groups excluding carboxylic acids is 1. The lowest BCUT2D eigenvalue weighted by Gasteiger charge is -2.13. The van der Waals surface area contributed by atoms with Gasteiger partial charge in [0.05, 0.1) is 32.6 Å². The van der Waals surface area contributed by atoms with Crippen LogP contribution in [0.2, 0.25) is 0 Å². The quantitative estimate of drug-likeness (QED) is 0.580. The summed E-state index contributed by atoms with van der Waals surface area (Å²) in [6.45, 7) is 6.81. The van der Waals surface area contributed by atoms with E-state index in [0.29, 0.717) is 25.5 Å². The number of carbonyl (C=O) groups is 1. The smallest absolute Gasteiger partial charge is 0.190 e. The van der Waals surface area contributed by atoms with Crippen molar-refractivity contribution in [3.05, 3.63) is 11.9 Å². The van der Waals surface area contributed by atoms with Gasteiger partial charge in [-0.3, -0.25) is 4.79 Å². The lowest BCUT2D eigenvalue weighted by atomic mass is 9.89. The molecule has 1 rings (SSSR count). The monoisotopic (exact) mass is 241 g/mol. The summed E-state index contributed by atoms with van der Waals surface area (Å²) in [5.74, 6) is -0.0278. The molecule has 0 radical (unpaired) electrons. The Balaban J connectivity index is 2.51. The molecule has 0 saturated carbocycles. The molecule has 96 valence electrons. The van der Waals surface area contributed by atoms with Crippen LogP contribution in [-0.4, -0.2) is 45.7 Å². The number of hydrogen-bond acceptors (Lipinski definition) is 5. The number of hydrogen-bond donors (Lipinski definition) is 1. The summed E-state index contributed by atoms with van der Waals surface area (Å²) in [6, 6.07) is 0. The van der Waals surface area contributed by atoms with Gasteiger partial charge in [-0.05, 0) is 0 Å². The zero-order chi connectivity index (χ0) is 12.9. The van der Waals surface area contributed by atoms with Crippen molar-refractivity contribution in [1.82, 2.24) is 15.0 Å². The van der Waals surface area contributed by atoms with Crippen LogP contribution in [0.25, 0.3) is 0 Å². The summed E-state index contributed by atoms with van der Waals surface area (Å²) in [7, 11) is 0. The number of aliphatic hydroxyl groups excluding tert-OH is 1. The fourth-order valence-electron chi connectivity index (χ4n) is 1.22. The SMILES string of the molecule is CC(C)(C)C(=O)c1cn(CCOCCO)nn1. The average Bonchev–Trinajstić information content (AvgIpc) is 2.70. The molecule has 0 bridgehead atoms. The summed E-state index contributed by atoms with van der Waals surface area (Å²) in [5, 5.41) is 16.2. The molecule has 0 fully saturated rings. The molecule has 1 N–H and O–H groups in total. The molecule has 0 amide bonds. The minimum absolute atomic E-state index is 0.00508. The third kappa shape index (κ3) is 4.24. The minimum atomic E-state index is -0.450. The summed E-state index contributed by atoms with van der Waals surface area (Å²) in [6.07, 6.45) is 1.62. The van der Waals surface area contributed by atoms with Gasteiger partial charge in [-0.1, -0.05) is 26.0 Å². The largest absolute Gasteiger partial charge is 0.394 e. The molecule has 0 aromatic carbocycles. The molecule has 6 heteroatoms. The van der Waals surface area contributed by atoms with Crippen molar-refractivity contribution in [1.29, 1.82) is 0 Å². The van der Waals surface area contributed by atoms with E-state index < -0.39 is 5.41 Å². The minimum Gasteiger partial charge on any atom is -0.394 e. The van der Waals surface area contributed by atoms with Crippen LogP contribution in [0.5, 0.6) is 0 Å². The summed E-state index contributed by atoms with van der Waals surface area (Å²) >= 11 is 0. The van der Waals surface area contributed by atoms with Gasteiger partial charge in [-0.25, -0.2) is 4.68 Å². The lowest BCUT2D eigenvalue weighted by molar-refractivity contribution is 0.0847. The summed E-state index contributed by atoms with van der Waals surface area (Å²) < 4.78 is 6.67. The van der Waals surface area contributed by atoms with Crippen LogP contribution < -0.4 is 0 Å². The Morgan fingerprint density at radius 3 is 2.76 bits per heavy atom. The molecule has 0 spiro atoms. The standard InChI is InChI=1S/C11H19N3O3/c1-11(2,3)10(16)9-8-14(13-12-9)4-6-17-7-5-15/h8,15H,4-7H2,1-3H3. The first-order valence-electron chi connectivity index (χ1n) is 5.58. The number of Topliss-reactive ketones (excluding diaryl/α,β-unsaturated/α-hetero) is 1. The maximum absolute atomic E-state index is 11.9. The second kappa shape index (κ2) is 5.88. The Morgan fingerprint density at radius 1 is 1.47 bits per heavy atom. The highest BCUT2D eigenvalue weighted by Gasteiger charge is 2.25. The van der Waals surface area contributed by atoms with Gasteiger partial charge >= 0.3 is 0 Å². The van der Waals surface area contributed by atoms with E-state index in [1.54, 1.807) is 10.9 Å². The highest BCUT2D eigenvalue weighted by Crippen LogP contribution is 2.18.